The van der Waals surface area contributed by atoms with Crippen LogP contribution in [0.1, 0.15) is 70.8 Å². The zero-order valence-corrected chi connectivity index (χ0v) is 19.0. The number of fused-ring (bicyclic) bond motifs is 1. The van der Waals surface area contributed by atoms with Crippen LogP contribution >= 0.6 is 24.0 Å². The van der Waals surface area contributed by atoms with Crippen LogP contribution in [0.15, 0.2) is 29.2 Å². The Morgan fingerprint density at radius 2 is 1.45 bits per heavy atom. The summed E-state index contributed by atoms with van der Waals surface area (Å²) >= 11 is 6.75. The van der Waals surface area contributed by atoms with Crippen LogP contribution in [0.4, 0.5) is 5.69 Å². The molecule has 3 rings (SSSR count). The van der Waals surface area contributed by atoms with Crippen LogP contribution in [0.3, 0.4) is 0 Å². The van der Waals surface area contributed by atoms with Crippen LogP contribution in [-0.2, 0) is 9.59 Å². The number of unbranched alkanes of at least 4 members (excludes halogenated alkanes) is 6. The van der Waals surface area contributed by atoms with Gasteiger partial charge in [0, 0.05) is 18.7 Å². The lowest BCUT2D eigenvalue weighted by Crippen LogP contribution is -2.30. The molecule has 6 heteroatoms. The fourth-order valence-corrected chi connectivity index (χ4v) is 5.24. The minimum absolute atomic E-state index is 0.0595. The van der Waals surface area contributed by atoms with Crippen molar-refractivity contribution >= 4 is 51.4 Å². The molecule has 0 spiro atoms. The second kappa shape index (κ2) is 10.4. The molecule has 0 saturated carbocycles. The lowest BCUT2D eigenvalue weighted by atomic mass is 10.1. The molecular weight excluding hydrogens is 400 g/mol. The number of thioether (sulfide) groups is 1. The SMILES string of the molecule is CCCCCCCN1C(=O)C(=C2SC(=S)N(CCCCC)C2=O)c2ccccc21. The molecule has 0 bridgehead atoms. The smallest absolute Gasteiger partial charge is 0.267 e. The molecule has 1 aromatic rings. The van der Waals surface area contributed by atoms with Crippen molar-refractivity contribution in [3.8, 4) is 0 Å². The monoisotopic (exact) mass is 430 g/mol. The molecule has 29 heavy (non-hydrogen) atoms. The quantitative estimate of drug-likeness (QED) is 0.269. The first-order valence-corrected chi connectivity index (χ1v) is 12.0. The van der Waals surface area contributed by atoms with E-state index >= 15 is 0 Å². The summed E-state index contributed by atoms with van der Waals surface area (Å²) in [5, 5.41) is 0. The van der Waals surface area contributed by atoms with Gasteiger partial charge >= 0.3 is 0 Å². The normalized spacial score (nSPS) is 18.9. The second-order valence-electron chi connectivity index (χ2n) is 7.62. The summed E-state index contributed by atoms with van der Waals surface area (Å²) in [7, 11) is 0. The Morgan fingerprint density at radius 1 is 0.828 bits per heavy atom. The molecule has 0 aliphatic carbocycles. The van der Waals surface area contributed by atoms with E-state index in [1.54, 1.807) is 4.90 Å². The molecule has 0 radical (unpaired) electrons. The fourth-order valence-electron chi connectivity index (χ4n) is 3.86. The predicted molar refractivity (Wildman–Crippen MR) is 126 cm³/mol. The molecule has 0 N–H and O–H groups in total. The molecule has 1 saturated heterocycles. The number of nitrogens with zero attached hydrogens (tertiary/aromatic N) is 2. The third-order valence-corrected chi connectivity index (χ3v) is 6.92. The van der Waals surface area contributed by atoms with Gasteiger partial charge in [-0.05, 0) is 18.9 Å². The van der Waals surface area contributed by atoms with Crippen molar-refractivity contribution < 1.29 is 9.59 Å². The number of para-hydroxylation sites is 1. The Balaban J connectivity index is 1.83. The standard InChI is InChI=1S/C23H30N2O2S2/c1-3-5-7-8-12-15-24-18-14-10-9-13-17(18)19(21(24)26)20-22(27)25(23(28)29-20)16-11-6-4-2/h9-10,13-14H,3-8,11-12,15-16H2,1-2H3. The van der Waals surface area contributed by atoms with Crippen molar-refractivity contribution in [1.82, 2.24) is 4.90 Å². The third kappa shape index (κ3) is 4.75. The first-order valence-electron chi connectivity index (χ1n) is 10.8. The molecule has 1 aromatic carbocycles. The van der Waals surface area contributed by atoms with Crippen molar-refractivity contribution in [2.24, 2.45) is 0 Å². The van der Waals surface area contributed by atoms with Crippen molar-refractivity contribution in [3.63, 3.8) is 0 Å². The fraction of sp³-hybridized carbons (Fsp3) is 0.522. The Morgan fingerprint density at radius 3 is 2.21 bits per heavy atom. The molecule has 4 nitrogen and oxygen atoms in total. The van der Waals surface area contributed by atoms with E-state index in [9.17, 15) is 9.59 Å². The van der Waals surface area contributed by atoms with Gasteiger partial charge in [0.2, 0.25) is 0 Å². The van der Waals surface area contributed by atoms with E-state index in [1.807, 2.05) is 29.2 Å². The van der Waals surface area contributed by atoms with E-state index in [0.29, 0.717) is 27.9 Å². The Labute approximate surface area is 183 Å². The summed E-state index contributed by atoms with van der Waals surface area (Å²) in [6.07, 6.45) is 8.82. The van der Waals surface area contributed by atoms with Gasteiger partial charge in [-0.2, -0.15) is 0 Å². The summed E-state index contributed by atoms with van der Waals surface area (Å²) in [5.74, 6) is -0.171. The van der Waals surface area contributed by atoms with Crippen molar-refractivity contribution in [2.45, 2.75) is 65.2 Å². The number of carbonyl (C=O) groups excluding carboxylic acids is 2. The lowest BCUT2D eigenvalue weighted by Gasteiger charge is -2.17. The van der Waals surface area contributed by atoms with E-state index in [-0.39, 0.29) is 11.8 Å². The van der Waals surface area contributed by atoms with Crippen LogP contribution in [0, 0.1) is 0 Å². The highest BCUT2D eigenvalue weighted by molar-refractivity contribution is 8.26. The Hall–Kier alpha value is -1.66. The molecule has 2 aliphatic rings. The minimum atomic E-state index is -0.112. The number of carbonyl (C=O) groups is 2. The number of benzene rings is 1. The van der Waals surface area contributed by atoms with Gasteiger partial charge in [-0.1, -0.05) is 94.6 Å². The van der Waals surface area contributed by atoms with Crippen LogP contribution in [0.2, 0.25) is 0 Å². The number of rotatable bonds is 10. The summed E-state index contributed by atoms with van der Waals surface area (Å²) < 4.78 is 0.567. The predicted octanol–water partition coefficient (Wildman–Crippen LogP) is 5.77. The van der Waals surface area contributed by atoms with Gasteiger partial charge in [0.15, 0.2) is 0 Å². The van der Waals surface area contributed by atoms with E-state index in [1.165, 1.54) is 31.0 Å². The van der Waals surface area contributed by atoms with Crippen molar-refractivity contribution in [2.75, 3.05) is 18.0 Å². The van der Waals surface area contributed by atoms with Gasteiger partial charge in [0.1, 0.15) is 4.32 Å². The van der Waals surface area contributed by atoms with Gasteiger partial charge in [0.05, 0.1) is 16.2 Å². The van der Waals surface area contributed by atoms with Crippen LogP contribution < -0.4 is 4.90 Å². The van der Waals surface area contributed by atoms with E-state index in [0.717, 1.165) is 43.4 Å². The minimum Gasteiger partial charge on any atom is -0.308 e. The zero-order chi connectivity index (χ0) is 20.8. The maximum Gasteiger partial charge on any atom is 0.267 e. The maximum atomic E-state index is 13.3. The largest absolute Gasteiger partial charge is 0.308 e. The number of amides is 2. The number of hydrogen-bond donors (Lipinski definition) is 0. The topological polar surface area (TPSA) is 40.6 Å². The van der Waals surface area contributed by atoms with Crippen LogP contribution in [-0.4, -0.2) is 34.1 Å². The highest BCUT2D eigenvalue weighted by atomic mass is 32.2. The van der Waals surface area contributed by atoms with Gasteiger partial charge in [-0.3, -0.25) is 14.5 Å². The molecule has 0 unspecified atom stereocenters. The molecule has 0 aromatic heterocycles. The van der Waals surface area contributed by atoms with Crippen molar-refractivity contribution in [3.05, 3.63) is 34.7 Å². The molecule has 0 atom stereocenters. The van der Waals surface area contributed by atoms with Gasteiger partial charge < -0.3 is 4.90 Å². The summed E-state index contributed by atoms with van der Waals surface area (Å²) in [5.41, 5.74) is 2.31. The highest BCUT2D eigenvalue weighted by Gasteiger charge is 2.41. The molecular formula is C23H30N2O2S2. The Bertz CT molecular complexity index is 819. The molecule has 2 heterocycles. The summed E-state index contributed by atoms with van der Waals surface area (Å²) in [6, 6.07) is 7.81. The van der Waals surface area contributed by atoms with Gasteiger partial charge in [-0.15, -0.1) is 0 Å². The van der Waals surface area contributed by atoms with Crippen LogP contribution in [0.25, 0.3) is 5.57 Å². The first-order chi connectivity index (χ1) is 14.1. The second-order valence-corrected chi connectivity index (χ2v) is 9.27. The van der Waals surface area contributed by atoms with Gasteiger partial charge in [-0.25, -0.2) is 0 Å². The Kier molecular flexibility index (Phi) is 7.90. The van der Waals surface area contributed by atoms with E-state index in [2.05, 4.69) is 13.8 Å². The lowest BCUT2D eigenvalue weighted by molar-refractivity contribution is -0.122. The van der Waals surface area contributed by atoms with E-state index in [4.69, 9.17) is 12.2 Å². The average Bonchev–Trinajstić information content (AvgIpc) is 3.15. The number of hydrogen-bond acceptors (Lipinski definition) is 4. The first kappa shape index (κ1) is 22.0. The van der Waals surface area contributed by atoms with E-state index < -0.39 is 0 Å². The summed E-state index contributed by atoms with van der Waals surface area (Å²) in [4.78, 5) is 30.4. The maximum absolute atomic E-state index is 13.3. The molecule has 2 aliphatic heterocycles. The molecule has 156 valence electrons. The average molecular weight is 431 g/mol. The number of anilines is 1. The number of thiocarbonyl (C=S) groups is 1. The van der Waals surface area contributed by atoms with Gasteiger partial charge in [0.25, 0.3) is 11.8 Å². The van der Waals surface area contributed by atoms with Crippen molar-refractivity contribution in [1.29, 1.82) is 0 Å². The summed E-state index contributed by atoms with van der Waals surface area (Å²) in [6.45, 7) is 5.66. The van der Waals surface area contributed by atoms with Crippen LogP contribution in [0.5, 0.6) is 0 Å². The third-order valence-electron chi connectivity index (χ3n) is 5.47. The molecule has 2 amide bonds. The zero-order valence-electron chi connectivity index (χ0n) is 17.4. The highest BCUT2D eigenvalue weighted by Crippen LogP contribution is 2.44. The molecule has 1 fully saturated rings.